The molecule has 1 nitrogen and oxygen atoms in total. The summed E-state index contributed by atoms with van der Waals surface area (Å²) in [6.45, 7) is 9.10. The van der Waals surface area contributed by atoms with E-state index in [0.29, 0.717) is 0 Å². The van der Waals surface area contributed by atoms with Gasteiger partial charge in [0.2, 0.25) is 0 Å². The Morgan fingerprint density at radius 2 is 1.07 bits per heavy atom. The fraction of sp³-hybridized carbons (Fsp3) is 1.00. The molecule has 0 fully saturated rings. The van der Waals surface area contributed by atoms with Crippen LogP contribution in [0.15, 0.2) is 0 Å². The standard InChI is InChI=1S/C11H26ClP.H2O/c1-5-9-13(12,8-4,10-6-2)11-7-3;/h5-11H2,1-4H3;1H2. The third-order valence-electron chi connectivity index (χ3n) is 3.14. The smallest absolute Gasteiger partial charge is 0.412 e. The number of rotatable bonds is 7. The molecule has 0 aromatic carbocycles. The van der Waals surface area contributed by atoms with Crippen LogP contribution in [0.3, 0.4) is 0 Å². The summed E-state index contributed by atoms with van der Waals surface area (Å²) in [4.78, 5) is 0. The average molecular weight is 243 g/mol. The van der Waals surface area contributed by atoms with Crippen molar-refractivity contribution in [2.45, 2.75) is 47.0 Å². The van der Waals surface area contributed by atoms with Crippen molar-refractivity contribution < 1.29 is 5.48 Å². The first-order chi connectivity index (χ1) is 6.04. The van der Waals surface area contributed by atoms with Crippen molar-refractivity contribution in [2.24, 2.45) is 0 Å². The predicted octanol–water partition coefficient (Wildman–Crippen LogP) is 4.12. The zero-order valence-corrected chi connectivity index (χ0v) is 11.9. The Labute approximate surface area is 94.6 Å². The predicted molar refractivity (Wildman–Crippen MR) is 72.4 cm³/mol. The molecule has 0 radical (unpaired) electrons. The second kappa shape index (κ2) is 7.04. The Morgan fingerprint density at radius 1 is 0.786 bits per heavy atom. The molecule has 0 aromatic rings. The van der Waals surface area contributed by atoms with Gasteiger partial charge in [-0.25, -0.2) is 0 Å². The van der Waals surface area contributed by atoms with Crippen molar-refractivity contribution in [1.29, 1.82) is 0 Å². The summed E-state index contributed by atoms with van der Waals surface area (Å²) in [5, 5.41) is 0. The maximum atomic E-state index is 7.01. The van der Waals surface area contributed by atoms with E-state index in [1.165, 1.54) is 43.9 Å². The third kappa shape index (κ3) is 4.47. The van der Waals surface area contributed by atoms with Crippen molar-refractivity contribution in [2.75, 3.05) is 24.6 Å². The molecule has 0 spiro atoms. The molecule has 14 heavy (non-hydrogen) atoms. The molecule has 0 aliphatic carbocycles. The van der Waals surface area contributed by atoms with Crippen LogP contribution in [-0.2, 0) is 0 Å². The van der Waals surface area contributed by atoms with E-state index in [1.807, 2.05) is 0 Å². The molecule has 0 saturated carbocycles. The maximum Gasteiger partial charge on any atom is -0.412 e. The van der Waals surface area contributed by atoms with Crippen LogP contribution >= 0.6 is 17.2 Å². The topological polar surface area (TPSA) is 31.5 Å². The fourth-order valence-electron chi connectivity index (χ4n) is 2.49. The molecular weight excluding hydrogens is 215 g/mol. The summed E-state index contributed by atoms with van der Waals surface area (Å²) in [5.74, 6) is -1.77. The van der Waals surface area contributed by atoms with E-state index in [9.17, 15) is 0 Å². The molecule has 0 rings (SSSR count). The number of halogens is 1. The average Bonchev–Trinajstić information content (AvgIpc) is 2.06. The Balaban J connectivity index is 0. The molecule has 0 heterocycles. The fourth-order valence-corrected chi connectivity index (χ4v) is 8.98. The van der Waals surface area contributed by atoms with Crippen LogP contribution in [0.5, 0.6) is 0 Å². The van der Waals surface area contributed by atoms with Gasteiger partial charge in [-0.15, -0.1) is 0 Å². The van der Waals surface area contributed by atoms with E-state index in [-0.39, 0.29) is 5.48 Å². The molecular formula is C11H28ClOP. The van der Waals surface area contributed by atoms with Gasteiger partial charge in [-0.1, -0.05) is 0 Å². The van der Waals surface area contributed by atoms with Crippen LogP contribution in [0.1, 0.15) is 47.0 Å². The minimum absolute atomic E-state index is 0. The van der Waals surface area contributed by atoms with Crippen molar-refractivity contribution in [3.05, 3.63) is 0 Å². The van der Waals surface area contributed by atoms with Crippen LogP contribution in [0.2, 0.25) is 0 Å². The zero-order valence-electron chi connectivity index (χ0n) is 10.3. The van der Waals surface area contributed by atoms with Crippen molar-refractivity contribution in [3.8, 4) is 0 Å². The Kier molecular flexibility index (Phi) is 8.59. The summed E-state index contributed by atoms with van der Waals surface area (Å²) >= 11 is 7.01. The van der Waals surface area contributed by atoms with Crippen LogP contribution in [0.4, 0.5) is 0 Å². The summed E-state index contributed by atoms with van der Waals surface area (Å²) in [7, 11) is 0. The maximum absolute atomic E-state index is 7.01. The Morgan fingerprint density at radius 3 is 1.21 bits per heavy atom. The van der Waals surface area contributed by atoms with E-state index < -0.39 is 5.96 Å². The summed E-state index contributed by atoms with van der Waals surface area (Å²) in [6, 6.07) is 0. The number of hydrogen-bond acceptors (Lipinski definition) is 0. The minimum Gasteiger partial charge on any atom is -0.412 e. The molecule has 0 aliphatic heterocycles. The van der Waals surface area contributed by atoms with Crippen LogP contribution in [0.25, 0.3) is 0 Å². The van der Waals surface area contributed by atoms with Crippen LogP contribution in [0, 0.1) is 0 Å². The third-order valence-corrected chi connectivity index (χ3v) is 11.7. The van der Waals surface area contributed by atoms with E-state index in [2.05, 4.69) is 27.7 Å². The molecule has 2 N–H and O–H groups in total. The van der Waals surface area contributed by atoms with Crippen LogP contribution < -0.4 is 0 Å². The van der Waals surface area contributed by atoms with Gasteiger partial charge >= 0.3 is 88.8 Å². The van der Waals surface area contributed by atoms with E-state index >= 15 is 0 Å². The molecule has 0 aromatic heterocycles. The molecule has 0 atom stereocenters. The van der Waals surface area contributed by atoms with Gasteiger partial charge in [0.1, 0.15) is 0 Å². The molecule has 0 aliphatic rings. The van der Waals surface area contributed by atoms with Gasteiger partial charge in [-0.3, -0.25) is 0 Å². The second-order valence-corrected chi connectivity index (χ2v) is 12.8. The van der Waals surface area contributed by atoms with E-state index in [1.54, 1.807) is 0 Å². The Hall–Kier alpha value is 0.680. The first-order valence-electron chi connectivity index (χ1n) is 5.76. The van der Waals surface area contributed by atoms with Gasteiger partial charge in [-0.05, 0) is 0 Å². The second-order valence-electron chi connectivity index (χ2n) is 4.31. The first kappa shape index (κ1) is 17.1. The summed E-state index contributed by atoms with van der Waals surface area (Å²) in [6.07, 6.45) is 8.91. The monoisotopic (exact) mass is 242 g/mol. The normalized spacial score (nSPS) is 14.2. The van der Waals surface area contributed by atoms with Gasteiger partial charge in [0.05, 0.1) is 0 Å². The van der Waals surface area contributed by atoms with Crippen LogP contribution in [-0.4, -0.2) is 30.1 Å². The summed E-state index contributed by atoms with van der Waals surface area (Å²) in [5.41, 5.74) is 0. The van der Waals surface area contributed by atoms with Gasteiger partial charge in [0.25, 0.3) is 0 Å². The number of hydrogen-bond donors (Lipinski definition) is 0. The summed E-state index contributed by atoms with van der Waals surface area (Å²) < 4.78 is 0. The van der Waals surface area contributed by atoms with Crippen molar-refractivity contribution in [1.82, 2.24) is 0 Å². The zero-order chi connectivity index (χ0) is 10.4. The molecule has 3 heteroatoms. The quantitative estimate of drug-likeness (QED) is 0.602. The molecule has 0 amide bonds. The van der Waals surface area contributed by atoms with Crippen molar-refractivity contribution >= 4 is 17.2 Å². The van der Waals surface area contributed by atoms with Gasteiger partial charge in [0.15, 0.2) is 0 Å². The van der Waals surface area contributed by atoms with E-state index in [4.69, 9.17) is 11.2 Å². The van der Waals surface area contributed by atoms with E-state index in [0.717, 1.165) is 0 Å². The molecule has 0 saturated heterocycles. The molecule has 0 bridgehead atoms. The molecule has 0 unspecified atom stereocenters. The largest absolute Gasteiger partial charge is 0.412 e. The van der Waals surface area contributed by atoms with Crippen molar-refractivity contribution in [3.63, 3.8) is 0 Å². The SMILES string of the molecule is CCCP(Cl)(CC)(CCC)CCC.O. The van der Waals surface area contributed by atoms with Gasteiger partial charge in [0, 0.05) is 0 Å². The molecule has 90 valence electrons. The first-order valence-corrected chi connectivity index (χ1v) is 9.64. The van der Waals surface area contributed by atoms with Gasteiger partial charge < -0.3 is 5.48 Å². The van der Waals surface area contributed by atoms with Gasteiger partial charge in [-0.2, -0.15) is 0 Å². The Bertz CT molecular complexity index is 130. The minimum atomic E-state index is -1.77.